The van der Waals surface area contributed by atoms with Gasteiger partial charge in [0.25, 0.3) is 0 Å². The van der Waals surface area contributed by atoms with E-state index < -0.39 is 10.0 Å². The highest BCUT2D eigenvalue weighted by Gasteiger charge is 2.36. The molecule has 0 amide bonds. The quantitative estimate of drug-likeness (QED) is 0.775. The maximum absolute atomic E-state index is 12.9. The summed E-state index contributed by atoms with van der Waals surface area (Å²) >= 11 is 9.37. The summed E-state index contributed by atoms with van der Waals surface area (Å²) in [4.78, 5) is 0.177. The minimum Gasteiger partial charge on any atom is -0.495 e. The van der Waals surface area contributed by atoms with Gasteiger partial charge in [-0.2, -0.15) is 4.31 Å². The Balaban J connectivity index is 0.00000242. The van der Waals surface area contributed by atoms with Gasteiger partial charge in [-0.15, -0.1) is 12.4 Å². The first-order valence-corrected chi connectivity index (χ1v) is 9.22. The van der Waals surface area contributed by atoms with E-state index in [1.54, 1.807) is 10.4 Å². The summed E-state index contributed by atoms with van der Waals surface area (Å²) in [5.41, 5.74) is 0. The highest BCUT2D eigenvalue weighted by Crippen LogP contribution is 2.36. The van der Waals surface area contributed by atoms with Crippen molar-refractivity contribution in [3.63, 3.8) is 0 Å². The predicted octanol–water partition coefficient (Wildman–Crippen LogP) is 2.91. The molecule has 1 aliphatic heterocycles. The molecule has 1 aromatic carbocycles. The Kier molecular flexibility index (Phi) is 7.42. The van der Waals surface area contributed by atoms with Gasteiger partial charge in [0.1, 0.15) is 5.75 Å². The van der Waals surface area contributed by atoms with Gasteiger partial charge in [-0.05, 0) is 48.0 Å². The molecule has 1 unspecified atom stereocenters. The number of ether oxygens (including phenoxy) is 1. The fraction of sp³-hybridized carbons (Fsp3) is 0.538. The summed E-state index contributed by atoms with van der Waals surface area (Å²) in [6.45, 7) is 1.17. The second kappa shape index (κ2) is 8.17. The molecule has 0 aromatic heterocycles. The normalized spacial score (nSPS) is 19.0. The van der Waals surface area contributed by atoms with Crippen LogP contribution in [-0.2, 0) is 10.0 Å². The summed E-state index contributed by atoms with van der Waals surface area (Å²) in [6.07, 6.45) is 1.73. The molecule has 0 spiro atoms. The third-order valence-electron chi connectivity index (χ3n) is 3.56. The fourth-order valence-corrected chi connectivity index (χ4v) is 5.56. The van der Waals surface area contributed by atoms with E-state index in [1.165, 1.54) is 13.2 Å². The zero-order valence-corrected chi connectivity index (χ0v) is 16.3. The molecule has 0 radical (unpaired) electrons. The van der Waals surface area contributed by atoms with Crippen LogP contribution in [0.5, 0.6) is 5.75 Å². The number of nitrogens with zero attached hydrogens (tertiary/aromatic N) is 1. The van der Waals surface area contributed by atoms with Crippen LogP contribution in [0.4, 0.5) is 0 Å². The van der Waals surface area contributed by atoms with Crippen LogP contribution in [-0.4, -0.2) is 46.0 Å². The standard InChI is InChI=1S/C13H18BrClN2O3S.ClH/c1-16-8-9-4-3-5-17(9)21(18,19)13-7-11(15)12(20-2)6-10(13)14;/h6-7,9,16H,3-5,8H2,1-2H3;1H. The fourth-order valence-electron chi connectivity index (χ4n) is 2.56. The molecule has 1 saturated heterocycles. The van der Waals surface area contributed by atoms with Crippen LogP contribution >= 0.6 is 39.9 Å². The van der Waals surface area contributed by atoms with Crippen LogP contribution in [0.2, 0.25) is 5.02 Å². The molecule has 9 heteroatoms. The molecule has 1 aromatic rings. The van der Waals surface area contributed by atoms with Crippen LogP contribution in [0.15, 0.2) is 21.5 Å². The second-order valence-corrected chi connectivity index (χ2v) is 8.01. The largest absolute Gasteiger partial charge is 0.495 e. The average Bonchev–Trinajstić information content (AvgIpc) is 2.90. The first kappa shape index (κ1) is 20.0. The van der Waals surface area contributed by atoms with Gasteiger partial charge in [0.05, 0.1) is 17.0 Å². The Labute approximate surface area is 150 Å². The van der Waals surface area contributed by atoms with Crippen molar-refractivity contribution >= 4 is 50.0 Å². The molecule has 1 heterocycles. The number of sulfonamides is 1. The van der Waals surface area contributed by atoms with Gasteiger partial charge in [0.15, 0.2) is 0 Å². The van der Waals surface area contributed by atoms with E-state index in [-0.39, 0.29) is 28.4 Å². The lowest BCUT2D eigenvalue weighted by Gasteiger charge is -2.24. The van der Waals surface area contributed by atoms with Crippen LogP contribution < -0.4 is 10.1 Å². The molecule has 1 fully saturated rings. The van der Waals surface area contributed by atoms with Gasteiger partial charge in [-0.1, -0.05) is 11.6 Å². The van der Waals surface area contributed by atoms with Crippen molar-refractivity contribution in [1.29, 1.82) is 0 Å². The lowest BCUT2D eigenvalue weighted by Crippen LogP contribution is -2.40. The van der Waals surface area contributed by atoms with E-state index >= 15 is 0 Å². The molecule has 2 rings (SSSR count). The SMILES string of the molecule is CNCC1CCCN1S(=O)(=O)c1cc(Cl)c(OC)cc1Br.Cl. The van der Waals surface area contributed by atoms with Crippen LogP contribution in [0.25, 0.3) is 0 Å². The molecule has 126 valence electrons. The topological polar surface area (TPSA) is 58.6 Å². The Morgan fingerprint density at radius 3 is 2.77 bits per heavy atom. The lowest BCUT2D eigenvalue weighted by molar-refractivity contribution is 0.378. The summed E-state index contributed by atoms with van der Waals surface area (Å²) < 4.78 is 32.8. The van der Waals surface area contributed by atoms with Crippen LogP contribution in [0.1, 0.15) is 12.8 Å². The average molecular weight is 434 g/mol. The second-order valence-electron chi connectivity index (χ2n) is 4.89. The first-order valence-electron chi connectivity index (χ1n) is 6.61. The molecule has 22 heavy (non-hydrogen) atoms. The van der Waals surface area contributed by atoms with Crippen LogP contribution in [0, 0.1) is 0 Å². The third-order valence-corrected chi connectivity index (χ3v) is 6.76. The molecule has 0 bridgehead atoms. The van der Waals surface area contributed by atoms with E-state index in [1.807, 2.05) is 7.05 Å². The minimum atomic E-state index is -3.58. The number of hydrogen-bond acceptors (Lipinski definition) is 4. The Morgan fingerprint density at radius 2 is 2.18 bits per heavy atom. The molecule has 1 N–H and O–H groups in total. The molecule has 0 saturated carbocycles. The first-order chi connectivity index (χ1) is 9.91. The number of benzene rings is 1. The van der Waals surface area contributed by atoms with Gasteiger partial charge < -0.3 is 10.1 Å². The predicted molar refractivity (Wildman–Crippen MR) is 93.8 cm³/mol. The molecular weight excluding hydrogens is 415 g/mol. The van der Waals surface area contributed by atoms with Crippen molar-refractivity contribution in [1.82, 2.24) is 9.62 Å². The number of nitrogens with one attached hydrogen (secondary N) is 1. The van der Waals surface area contributed by atoms with Gasteiger partial charge in [-0.25, -0.2) is 8.42 Å². The van der Waals surface area contributed by atoms with Crippen molar-refractivity contribution in [2.45, 2.75) is 23.8 Å². The Morgan fingerprint density at radius 1 is 1.50 bits per heavy atom. The summed E-state index contributed by atoms with van der Waals surface area (Å²) in [7, 11) is -0.268. The van der Waals surface area contributed by atoms with Gasteiger partial charge in [0.2, 0.25) is 10.0 Å². The third kappa shape index (κ3) is 3.88. The molecule has 5 nitrogen and oxygen atoms in total. The monoisotopic (exact) mass is 432 g/mol. The van der Waals surface area contributed by atoms with Crippen molar-refractivity contribution in [2.75, 3.05) is 27.2 Å². The Hall–Kier alpha value is -0.0500. The van der Waals surface area contributed by atoms with Gasteiger partial charge in [0, 0.05) is 23.6 Å². The van der Waals surface area contributed by atoms with E-state index in [2.05, 4.69) is 21.2 Å². The van der Waals surface area contributed by atoms with E-state index in [0.717, 1.165) is 12.8 Å². The smallest absolute Gasteiger partial charge is 0.244 e. The number of hydrogen-bond donors (Lipinski definition) is 1. The maximum Gasteiger partial charge on any atom is 0.244 e. The van der Waals surface area contributed by atoms with Crippen molar-refractivity contribution < 1.29 is 13.2 Å². The van der Waals surface area contributed by atoms with Gasteiger partial charge in [-0.3, -0.25) is 0 Å². The van der Waals surface area contributed by atoms with E-state index in [0.29, 0.717) is 23.3 Å². The van der Waals surface area contributed by atoms with Crippen molar-refractivity contribution in [3.05, 3.63) is 21.6 Å². The number of methoxy groups -OCH3 is 1. The number of likely N-dealkylation sites (N-methyl/N-ethyl adjacent to an activating group) is 1. The number of rotatable bonds is 5. The Bertz CT molecular complexity index is 628. The van der Waals surface area contributed by atoms with E-state index in [9.17, 15) is 8.42 Å². The summed E-state index contributed by atoms with van der Waals surface area (Å²) in [5, 5.41) is 3.32. The minimum absolute atomic E-state index is 0. The number of halogens is 3. The summed E-state index contributed by atoms with van der Waals surface area (Å²) in [5.74, 6) is 0.440. The highest BCUT2D eigenvalue weighted by atomic mass is 79.9. The molecular formula is C13H19BrCl2N2O3S. The van der Waals surface area contributed by atoms with Gasteiger partial charge >= 0.3 is 0 Å². The van der Waals surface area contributed by atoms with Crippen LogP contribution in [0.3, 0.4) is 0 Å². The highest BCUT2D eigenvalue weighted by molar-refractivity contribution is 9.10. The molecule has 1 aliphatic rings. The molecule has 0 aliphatic carbocycles. The maximum atomic E-state index is 12.9. The van der Waals surface area contributed by atoms with Crippen molar-refractivity contribution in [3.8, 4) is 5.75 Å². The van der Waals surface area contributed by atoms with Crippen molar-refractivity contribution in [2.24, 2.45) is 0 Å². The molecule has 1 atom stereocenters. The zero-order chi connectivity index (χ0) is 15.6. The zero-order valence-electron chi connectivity index (χ0n) is 12.3. The van der Waals surface area contributed by atoms with E-state index in [4.69, 9.17) is 16.3 Å². The lowest BCUT2D eigenvalue weighted by atomic mass is 10.2. The summed E-state index contributed by atoms with van der Waals surface area (Å²) in [6, 6.07) is 3.00.